The fraction of sp³-hybridized carbons (Fsp3) is 0.588. The molecule has 0 radical (unpaired) electrons. The van der Waals surface area contributed by atoms with Gasteiger partial charge in [0, 0.05) is 11.6 Å². The van der Waals surface area contributed by atoms with E-state index in [-0.39, 0.29) is 5.91 Å². The highest BCUT2D eigenvalue weighted by atomic mass is 16.1. The molecule has 104 valence electrons. The van der Waals surface area contributed by atoms with Gasteiger partial charge in [-0.1, -0.05) is 43.9 Å². The maximum absolute atomic E-state index is 12.3. The van der Waals surface area contributed by atoms with E-state index in [0.717, 1.165) is 12.0 Å². The number of amides is 1. The summed E-state index contributed by atoms with van der Waals surface area (Å²) in [7, 11) is 0. The van der Waals surface area contributed by atoms with Crippen LogP contribution in [0.5, 0.6) is 0 Å². The monoisotopic (exact) mass is 259 g/mol. The van der Waals surface area contributed by atoms with E-state index in [1.807, 2.05) is 31.2 Å². The van der Waals surface area contributed by atoms with Gasteiger partial charge in [-0.2, -0.15) is 0 Å². The lowest BCUT2D eigenvalue weighted by Crippen LogP contribution is -2.40. The van der Waals surface area contributed by atoms with Gasteiger partial charge < -0.3 is 5.32 Å². The first kappa shape index (κ1) is 14.1. The summed E-state index contributed by atoms with van der Waals surface area (Å²) >= 11 is 0. The average molecular weight is 259 g/mol. The Morgan fingerprint density at radius 1 is 1.21 bits per heavy atom. The Labute approximate surface area is 116 Å². The molecule has 1 aliphatic carbocycles. The van der Waals surface area contributed by atoms with Crippen molar-refractivity contribution in [2.75, 3.05) is 0 Å². The zero-order valence-electron chi connectivity index (χ0n) is 12.1. The Kier molecular flexibility index (Phi) is 5.00. The Morgan fingerprint density at radius 2 is 1.84 bits per heavy atom. The van der Waals surface area contributed by atoms with E-state index < -0.39 is 0 Å². The SMILES string of the molecule is CCC(NC(=O)c1ccc(C)cc1)C1CCCCC1. The highest BCUT2D eigenvalue weighted by Crippen LogP contribution is 2.27. The molecule has 1 saturated carbocycles. The zero-order chi connectivity index (χ0) is 13.7. The predicted molar refractivity (Wildman–Crippen MR) is 79.3 cm³/mol. The standard InChI is InChI=1S/C17H25NO/c1-3-16(14-7-5-4-6-8-14)18-17(19)15-11-9-13(2)10-12-15/h9-12,14,16H,3-8H2,1-2H3,(H,18,19). The van der Waals surface area contributed by atoms with Crippen LogP contribution in [-0.2, 0) is 0 Å². The lowest BCUT2D eigenvalue weighted by Gasteiger charge is -2.30. The summed E-state index contributed by atoms with van der Waals surface area (Å²) in [6.45, 7) is 4.22. The van der Waals surface area contributed by atoms with E-state index in [1.54, 1.807) is 0 Å². The van der Waals surface area contributed by atoms with Crippen LogP contribution in [0.3, 0.4) is 0 Å². The van der Waals surface area contributed by atoms with Crippen LogP contribution in [-0.4, -0.2) is 11.9 Å². The molecule has 1 atom stereocenters. The van der Waals surface area contributed by atoms with Gasteiger partial charge in [0.2, 0.25) is 0 Å². The molecule has 2 nitrogen and oxygen atoms in total. The van der Waals surface area contributed by atoms with Crippen LogP contribution in [0, 0.1) is 12.8 Å². The van der Waals surface area contributed by atoms with Crippen LogP contribution in [0.15, 0.2) is 24.3 Å². The van der Waals surface area contributed by atoms with Gasteiger partial charge >= 0.3 is 0 Å². The highest BCUT2D eigenvalue weighted by Gasteiger charge is 2.23. The molecular weight excluding hydrogens is 234 g/mol. The predicted octanol–water partition coefficient (Wildman–Crippen LogP) is 4.08. The van der Waals surface area contributed by atoms with Crippen LogP contribution in [0.25, 0.3) is 0 Å². The van der Waals surface area contributed by atoms with Gasteiger partial charge in [-0.15, -0.1) is 0 Å². The van der Waals surface area contributed by atoms with Gasteiger partial charge in [-0.05, 0) is 44.2 Å². The summed E-state index contributed by atoms with van der Waals surface area (Å²) in [5.74, 6) is 0.755. The Balaban J connectivity index is 1.97. The van der Waals surface area contributed by atoms with Crippen molar-refractivity contribution in [1.82, 2.24) is 5.32 Å². The number of carbonyl (C=O) groups is 1. The molecule has 1 fully saturated rings. The van der Waals surface area contributed by atoms with E-state index in [9.17, 15) is 4.79 Å². The number of rotatable bonds is 4. The quantitative estimate of drug-likeness (QED) is 0.867. The highest BCUT2D eigenvalue weighted by molar-refractivity contribution is 5.94. The summed E-state index contributed by atoms with van der Waals surface area (Å²) in [5, 5.41) is 3.23. The number of nitrogens with one attached hydrogen (secondary N) is 1. The molecule has 1 N–H and O–H groups in total. The summed E-state index contributed by atoms with van der Waals surface area (Å²) in [6, 6.07) is 8.16. The van der Waals surface area contributed by atoms with Gasteiger partial charge in [0.05, 0.1) is 0 Å². The van der Waals surface area contributed by atoms with E-state index in [1.165, 1.54) is 37.7 Å². The van der Waals surface area contributed by atoms with Gasteiger partial charge in [0.1, 0.15) is 0 Å². The lowest BCUT2D eigenvalue weighted by molar-refractivity contribution is 0.0911. The molecule has 1 aliphatic rings. The summed E-state index contributed by atoms with van der Waals surface area (Å²) < 4.78 is 0. The molecule has 0 spiro atoms. The van der Waals surface area contributed by atoms with Crippen molar-refractivity contribution in [3.8, 4) is 0 Å². The lowest BCUT2D eigenvalue weighted by atomic mass is 9.83. The number of hydrogen-bond acceptors (Lipinski definition) is 1. The fourth-order valence-electron chi connectivity index (χ4n) is 3.05. The molecule has 1 aromatic carbocycles. The second-order valence-electron chi connectivity index (χ2n) is 5.75. The number of aryl methyl sites for hydroxylation is 1. The first-order chi connectivity index (χ1) is 9.20. The molecule has 2 rings (SSSR count). The van der Waals surface area contributed by atoms with Crippen LogP contribution < -0.4 is 5.32 Å². The molecule has 2 heteroatoms. The van der Waals surface area contributed by atoms with E-state index in [2.05, 4.69) is 12.2 Å². The van der Waals surface area contributed by atoms with Crippen LogP contribution in [0.4, 0.5) is 0 Å². The fourth-order valence-corrected chi connectivity index (χ4v) is 3.05. The van der Waals surface area contributed by atoms with Crippen molar-refractivity contribution in [3.05, 3.63) is 35.4 Å². The van der Waals surface area contributed by atoms with Crippen molar-refractivity contribution in [3.63, 3.8) is 0 Å². The Morgan fingerprint density at radius 3 is 2.42 bits per heavy atom. The minimum absolute atomic E-state index is 0.0809. The molecule has 19 heavy (non-hydrogen) atoms. The van der Waals surface area contributed by atoms with Crippen LogP contribution in [0.1, 0.15) is 61.4 Å². The maximum atomic E-state index is 12.3. The number of hydrogen-bond donors (Lipinski definition) is 1. The topological polar surface area (TPSA) is 29.1 Å². The van der Waals surface area contributed by atoms with Gasteiger partial charge in [-0.3, -0.25) is 4.79 Å². The summed E-state index contributed by atoms with van der Waals surface area (Å²) in [5.41, 5.74) is 1.97. The third kappa shape index (κ3) is 3.82. The molecule has 0 heterocycles. The first-order valence-electron chi connectivity index (χ1n) is 7.58. The third-order valence-corrected chi connectivity index (χ3v) is 4.29. The molecule has 1 unspecified atom stereocenters. The molecule has 1 amide bonds. The van der Waals surface area contributed by atoms with Crippen LogP contribution in [0.2, 0.25) is 0 Å². The molecule has 0 aliphatic heterocycles. The minimum Gasteiger partial charge on any atom is -0.349 e. The van der Waals surface area contributed by atoms with Crippen molar-refractivity contribution < 1.29 is 4.79 Å². The zero-order valence-corrected chi connectivity index (χ0v) is 12.1. The largest absolute Gasteiger partial charge is 0.349 e. The van der Waals surface area contributed by atoms with Crippen LogP contribution >= 0.6 is 0 Å². The Bertz CT molecular complexity index is 404. The molecule has 1 aromatic rings. The average Bonchev–Trinajstić information content (AvgIpc) is 2.46. The molecule has 0 aromatic heterocycles. The summed E-state index contributed by atoms with van der Waals surface area (Å²) in [6.07, 6.45) is 7.57. The minimum atomic E-state index is 0.0809. The first-order valence-corrected chi connectivity index (χ1v) is 7.58. The third-order valence-electron chi connectivity index (χ3n) is 4.29. The maximum Gasteiger partial charge on any atom is 0.251 e. The summed E-state index contributed by atoms with van der Waals surface area (Å²) in [4.78, 5) is 12.3. The van der Waals surface area contributed by atoms with Crippen molar-refractivity contribution in [1.29, 1.82) is 0 Å². The van der Waals surface area contributed by atoms with E-state index >= 15 is 0 Å². The van der Waals surface area contributed by atoms with Crippen molar-refractivity contribution >= 4 is 5.91 Å². The normalized spacial score (nSPS) is 18.0. The number of benzene rings is 1. The molecular formula is C17H25NO. The molecule has 0 saturated heterocycles. The van der Waals surface area contributed by atoms with Gasteiger partial charge in [0.15, 0.2) is 0 Å². The second kappa shape index (κ2) is 6.74. The van der Waals surface area contributed by atoms with Gasteiger partial charge in [-0.25, -0.2) is 0 Å². The van der Waals surface area contributed by atoms with Crippen molar-refractivity contribution in [2.45, 2.75) is 58.4 Å². The number of carbonyl (C=O) groups excluding carboxylic acids is 1. The van der Waals surface area contributed by atoms with Crippen molar-refractivity contribution in [2.24, 2.45) is 5.92 Å². The second-order valence-corrected chi connectivity index (χ2v) is 5.75. The van der Waals surface area contributed by atoms with E-state index in [4.69, 9.17) is 0 Å². The Hall–Kier alpha value is -1.31. The van der Waals surface area contributed by atoms with Gasteiger partial charge in [0.25, 0.3) is 5.91 Å². The smallest absolute Gasteiger partial charge is 0.251 e. The van der Waals surface area contributed by atoms with E-state index in [0.29, 0.717) is 12.0 Å². The molecule has 0 bridgehead atoms.